The fraction of sp³-hybridized carbons (Fsp3) is 0.417. The van der Waals surface area contributed by atoms with E-state index < -0.39 is 49.1 Å². The summed E-state index contributed by atoms with van der Waals surface area (Å²) in [5.41, 5.74) is -1.91. The molecule has 1 aromatic rings. The van der Waals surface area contributed by atoms with E-state index in [1.165, 1.54) is 0 Å². The topological polar surface area (TPSA) is 106 Å². The van der Waals surface area contributed by atoms with Crippen LogP contribution in [0.15, 0.2) is 23.1 Å². The summed E-state index contributed by atoms with van der Waals surface area (Å²) in [6, 6.07) is 2.74. The highest BCUT2D eigenvalue weighted by Gasteiger charge is 2.30. The standard InChI is InChI=1S/C12H15FN2O5S/c1-12(2,3)10(16)7-14-21(19,20)9-6-4-5-8(13)11(9)15(17)18/h4-6,14H,7H2,1-3H3. The highest BCUT2D eigenvalue weighted by molar-refractivity contribution is 7.89. The molecule has 0 aliphatic rings. The van der Waals surface area contributed by atoms with Crippen LogP contribution < -0.4 is 4.72 Å². The molecule has 0 aliphatic heterocycles. The maximum Gasteiger partial charge on any atom is 0.324 e. The van der Waals surface area contributed by atoms with Gasteiger partial charge in [-0.05, 0) is 12.1 Å². The Labute approximate surface area is 121 Å². The molecule has 0 bridgehead atoms. The van der Waals surface area contributed by atoms with Crippen molar-refractivity contribution in [2.24, 2.45) is 5.41 Å². The number of Topliss-reactive ketones (excluding diaryl/α,β-unsaturated/α-hetero) is 1. The van der Waals surface area contributed by atoms with Gasteiger partial charge in [-0.2, -0.15) is 4.39 Å². The van der Waals surface area contributed by atoms with Crippen molar-refractivity contribution in [3.63, 3.8) is 0 Å². The van der Waals surface area contributed by atoms with Crippen molar-refractivity contribution in [1.29, 1.82) is 0 Å². The van der Waals surface area contributed by atoms with Gasteiger partial charge in [0.05, 0.1) is 11.5 Å². The Morgan fingerprint density at radius 2 is 1.95 bits per heavy atom. The molecule has 0 fully saturated rings. The lowest BCUT2D eigenvalue weighted by molar-refractivity contribution is -0.390. The van der Waals surface area contributed by atoms with Gasteiger partial charge in [-0.3, -0.25) is 14.9 Å². The molecule has 116 valence electrons. The third-order valence-electron chi connectivity index (χ3n) is 2.68. The van der Waals surface area contributed by atoms with E-state index in [0.29, 0.717) is 0 Å². The summed E-state index contributed by atoms with van der Waals surface area (Å²) in [7, 11) is -4.37. The van der Waals surface area contributed by atoms with Crippen molar-refractivity contribution in [1.82, 2.24) is 4.72 Å². The van der Waals surface area contributed by atoms with Crippen LogP contribution in [0.2, 0.25) is 0 Å². The summed E-state index contributed by atoms with van der Waals surface area (Å²) in [6.45, 7) is 4.29. The molecule has 0 aromatic heterocycles. The SMILES string of the molecule is CC(C)(C)C(=O)CNS(=O)(=O)c1cccc(F)c1[N+](=O)[O-]. The minimum absolute atomic E-state index is 0.398. The number of nitro groups is 1. The number of para-hydroxylation sites is 1. The van der Waals surface area contributed by atoms with Gasteiger partial charge in [0.15, 0.2) is 10.7 Å². The molecule has 0 radical (unpaired) electrons. The van der Waals surface area contributed by atoms with Crippen LogP contribution in [0.25, 0.3) is 0 Å². The van der Waals surface area contributed by atoms with Gasteiger partial charge in [-0.25, -0.2) is 13.1 Å². The lowest BCUT2D eigenvalue weighted by Crippen LogP contribution is -2.35. The predicted octanol–water partition coefficient (Wildman–Crippen LogP) is 1.63. The number of nitrogens with zero attached hydrogens (tertiary/aromatic N) is 1. The van der Waals surface area contributed by atoms with Crippen molar-refractivity contribution in [2.75, 3.05) is 6.54 Å². The minimum atomic E-state index is -4.37. The first-order valence-corrected chi connectivity index (χ1v) is 7.41. The van der Waals surface area contributed by atoms with Gasteiger partial charge in [-0.1, -0.05) is 26.8 Å². The van der Waals surface area contributed by atoms with Crippen LogP contribution in [0.1, 0.15) is 20.8 Å². The van der Waals surface area contributed by atoms with E-state index in [1.54, 1.807) is 20.8 Å². The Morgan fingerprint density at radius 3 is 2.43 bits per heavy atom. The molecule has 0 saturated heterocycles. The number of carbonyl (C=O) groups is 1. The van der Waals surface area contributed by atoms with Gasteiger partial charge in [0.1, 0.15) is 0 Å². The van der Waals surface area contributed by atoms with E-state index in [9.17, 15) is 27.7 Å². The molecule has 0 atom stereocenters. The first-order chi connectivity index (χ1) is 9.47. The molecule has 0 amide bonds. The van der Waals surface area contributed by atoms with Gasteiger partial charge < -0.3 is 0 Å². The number of benzene rings is 1. The molecule has 1 rings (SSSR count). The fourth-order valence-electron chi connectivity index (χ4n) is 1.39. The third kappa shape index (κ3) is 4.05. The van der Waals surface area contributed by atoms with E-state index in [4.69, 9.17) is 0 Å². The second-order valence-corrected chi connectivity index (χ2v) is 7.08. The first kappa shape index (κ1) is 17.2. The van der Waals surface area contributed by atoms with Gasteiger partial charge in [0.25, 0.3) is 0 Å². The molecular formula is C12H15FN2O5S. The van der Waals surface area contributed by atoms with Crippen LogP contribution in [0.3, 0.4) is 0 Å². The highest BCUT2D eigenvalue weighted by Crippen LogP contribution is 2.26. The van der Waals surface area contributed by atoms with Crippen LogP contribution in [-0.4, -0.2) is 25.7 Å². The van der Waals surface area contributed by atoms with Crippen LogP contribution >= 0.6 is 0 Å². The lowest BCUT2D eigenvalue weighted by Gasteiger charge is -2.16. The second-order valence-electron chi connectivity index (χ2n) is 5.34. The Morgan fingerprint density at radius 1 is 1.38 bits per heavy atom. The van der Waals surface area contributed by atoms with Gasteiger partial charge in [0, 0.05) is 5.41 Å². The second kappa shape index (κ2) is 5.86. The van der Waals surface area contributed by atoms with Crippen molar-refractivity contribution in [2.45, 2.75) is 25.7 Å². The number of carbonyl (C=O) groups excluding carboxylic acids is 1. The normalized spacial score (nSPS) is 12.2. The van der Waals surface area contributed by atoms with Crippen LogP contribution in [-0.2, 0) is 14.8 Å². The van der Waals surface area contributed by atoms with Crippen LogP contribution in [0.5, 0.6) is 0 Å². The highest BCUT2D eigenvalue weighted by atomic mass is 32.2. The van der Waals surface area contributed by atoms with Crippen molar-refractivity contribution >= 4 is 21.5 Å². The van der Waals surface area contributed by atoms with Gasteiger partial charge in [-0.15, -0.1) is 0 Å². The van der Waals surface area contributed by atoms with E-state index in [1.807, 2.05) is 4.72 Å². The molecule has 7 nitrogen and oxygen atoms in total. The lowest BCUT2D eigenvalue weighted by atomic mass is 9.91. The fourth-order valence-corrected chi connectivity index (χ4v) is 2.55. The number of sulfonamides is 1. The number of hydrogen-bond acceptors (Lipinski definition) is 5. The molecule has 21 heavy (non-hydrogen) atoms. The average Bonchev–Trinajstić information content (AvgIpc) is 2.34. The zero-order chi connectivity index (χ0) is 16.4. The summed E-state index contributed by atoms with van der Waals surface area (Å²) in [5, 5.41) is 10.8. The Bertz CT molecular complexity index is 679. The summed E-state index contributed by atoms with van der Waals surface area (Å²) in [5.74, 6) is -1.66. The molecular weight excluding hydrogens is 303 g/mol. The Balaban J connectivity index is 3.13. The molecule has 0 aliphatic carbocycles. The predicted molar refractivity (Wildman–Crippen MR) is 72.7 cm³/mol. The monoisotopic (exact) mass is 318 g/mol. The van der Waals surface area contributed by atoms with Crippen LogP contribution in [0, 0.1) is 21.3 Å². The van der Waals surface area contributed by atoms with E-state index in [2.05, 4.69) is 0 Å². The van der Waals surface area contributed by atoms with E-state index in [-0.39, 0.29) is 0 Å². The smallest absolute Gasteiger partial charge is 0.298 e. The molecule has 0 spiro atoms. The Hall–Kier alpha value is -1.87. The minimum Gasteiger partial charge on any atom is -0.298 e. The Kier molecular flexibility index (Phi) is 4.79. The van der Waals surface area contributed by atoms with Gasteiger partial charge in [0.2, 0.25) is 15.8 Å². The molecule has 1 N–H and O–H groups in total. The third-order valence-corrected chi connectivity index (χ3v) is 4.11. The van der Waals surface area contributed by atoms with E-state index in [0.717, 1.165) is 18.2 Å². The number of nitrogens with one attached hydrogen (secondary N) is 1. The summed E-state index contributed by atoms with van der Waals surface area (Å²) in [6.07, 6.45) is 0. The molecule has 0 heterocycles. The largest absolute Gasteiger partial charge is 0.324 e. The number of ketones is 1. The first-order valence-electron chi connectivity index (χ1n) is 5.92. The summed E-state index contributed by atoms with van der Waals surface area (Å²) >= 11 is 0. The molecule has 0 saturated carbocycles. The van der Waals surface area contributed by atoms with E-state index >= 15 is 0 Å². The zero-order valence-corrected chi connectivity index (χ0v) is 12.5. The summed E-state index contributed by atoms with van der Waals surface area (Å²) in [4.78, 5) is 20.6. The average molecular weight is 318 g/mol. The maximum atomic E-state index is 13.4. The zero-order valence-electron chi connectivity index (χ0n) is 11.7. The molecule has 1 aromatic carbocycles. The molecule has 0 unspecified atom stereocenters. The quantitative estimate of drug-likeness (QED) is 0.656. The maximum absolute atomic E-state index is 13.4. The number of rotatable bonds is 5. The van der Waals surface area contributed by atoms with Crippen molar-refractivity contribution in [3.8, 4) is 0 Å². The number of halogens is 1. The van der Waals surface area contributed by atoms with Crippen molar-refractivity contribution < 1.29 is 22.5 Å². The van der Waals surface area contributed by atoms with Crippen molar-refractivity contribution in [3.05, 3.63) is 34.1 Å². The number of nitro benzene ring substituents is 1. The molecule has 9 heteroatoms. The number of hydrogen-bond donors (Lipinski definition) is 1. The van der Waals surface area contributed by atoms with Gasteiger partial charge >= 0.3 is 5.69 Å². The van der Waals surface area contributed by atoms with Crippen LogP contribution in [0.4, 0.5) is 10.1 Å². The summed E-state index contributed by atoms with van der Waals surface area (Å²) < 4.78 is 39.4.